The molecule has 0 saturated carbocycles. The Hall–Kier alpha value is -0.860. The van der Waals surface area contributed by atoms with Crippen molar-refractivity contribution < 1.29 is 4.74 Å². The molecule has 1 aromatic rings. The average Bonchev–Trinajstić information content (AvgIpc) is 2.06. The third-order valence-corrected chi connectivity index (χ3v) is 1.99. The number of ether oxygens (including phenoxy) is 1. The summed E-state index contributed by atoms with van der Waals surface area (Å²) in [4.78, 5) is 0. The maximum Gasteiger partial charge on any atom is 0.0720 e. The van der Waals surface area contributed by atoms with Gasteiger partial charge in [0.25, 0.3) is 0 Å². The normalized spacial score (nSPS) is 11.7. The summed E-state index contributed by atoms with van der Waals surface area (Å²) in [6, 6.07) is 8.23. The van der Waals surface area contributed by atoms with Gasteiger partial charge in [-0.15, -0.1) is 0 Å². The predicted octanol–water partition coefficient (Wildman–Crippen LogP) is 2.25. The van der Waals surface area contributed by atoms with Crippen LogP contribution < -0.4 is 5.73 Å². The van der Waals surface area contributed by atoms with Gasteiger partial charge >= 0.3 is 0 Å². The van der Waals surface area contributed by atoms with Gasteiger partial charge in [0.1, 0.15) is 0 Å². The van der Waals surface area contributed by atoms with Gasteiger partial charge in [0, 0.05) is 5.54 Å². The van der Waals surface area contributed by atoms with Crippen LogP contribution in [0.15, 0.2) is 24.3 Å². The second kappa shape index (κ2) is 4.58. The number of hydrogen-bond donors (Lipinski definition) is 1. The first-order chi connectivity index (χ1) is 6.49. The molecule has 0 amide bonds. The number of benzene rings is 1. The van der Waals surface area contributed by atoms with Crippen molar-refractivity contribution in [2.75, 3.05) is 6.61 Å². The van der Waals surface area contributed by atoms with Crippen LogP contribution in [0.2, 0.25) is 0 Å². The minimum atomic E-state index is -0.247. The lowest BCUT2D eigenvalue weighted by Gasteiger charge is -2.18. The number of nitrogens with two attached hydrogens (primary N) is 1. The third kappa shape index (κ3) is 3.90. The van der Waals surface area contributed by atoms with Crippen molar-refractivity contribution in [2.45, 2.75) is 32.9 Å². The summed E-state index contributed by atoms with van der Waals surface area (Å²) in [5.74, 6) is 0. The molecule has 2 nitrogen and oxygen atoms in total. The van der Waals surface area contributed by atoms with Crippen LogP contribution in [-0.4, -0.2) is 12.1 Å². The molecule has 0 aliphatic rings. The molecule has 0 atom stereocenters. The van der Waals surface area contributed by atoms with Crippen molar-refractivity contribution in [3.63, 3.8) is 0 Å². The summed E-state index contributed by atoms with van der Waals surface area (Å²) in [6.07, 6.45) is 0. The van der Waals surface area contributed by atoms with Gasteiger partial charge in [-0.25, -0.2) is 0 Å². The fourth-order valence-corrected chi connectivity index (χ4v) is 1.20. The average molecular weight is 193 g/mol. The van der Waals surface area contributed by atoms with Crippen LogP contribution in [0, 0.1) is 6.92 Å². The zero-order chi connectivity index (χ0) is 10.6. The lowest BCUT2D eigenvalue weighted by molar-refractivity contribution is 0.0848. The Morgan fingerprint density at radius 3 is 2.50 bits per heavy atom. The summed E-state index contributed by atoms with van der Waals surface area (Å²) in [5, 5.41) is 0. The van der Waals surface area contributed by atoms with E-state index in [2.05, 4.69) is 19.1 Å². The maximum atomic E-state index is 5.81. The van der Waals surface area contributed by atoms with Gasteiger partial charge in [-0.1, -0.05) is 24.3 Å². The highest BCUT2D eigenvalue weighted by Gasteiger charge is 2.10. The van der Waals surface area contributed by atoms with E-state index < -0.39 is 0 Å². The monoisotopic (exact) mass is 193 g/mol. The van der Waals surface area contributed by atoms with E-state index in [9.17, 15) is 0 Å². The molecule has 2 heteroatoms. The van der Waals surface area contributed by atoms with Crippen LogP contribution >= 0.6 is 0 Å². The Morgan fingerprint density at radius 1 is 1.29 bits per heavy atom. The van der Waals surface area contributed by atoms with Crippen LogP contribution in [0.4, 0.5) is 0 Å². The molecule has 0 aromatic heterocycles. The molecule has 1 aromatic carbocycles. The van der Waals surface area contributed by atoms with Gasteiger partial charge in [-0.05, 0) is 31.9 Å². The summed E-state index contributed by atoms with van der Waals surface area (Å²) < 4.78 is 5.54. The molecule has 0 heterocycles. The van der Waals surface area contributed by atoms with Crippen molar-refractivity contribution in [3.8, 4) is 0 Å². The largest absolute Gasteiger partial charge is 0.375 e. The van der Waals surface area contributed by atoms with E-state index in [0.717, 1.165) is 0 Å². The summed E-state index contributed by atoms with van der Waals surface area (Å²) in [5.41, 5.74) is 8.06. The van der Waals surface area contributed by atoms with Gasteiger partial charge in [0.05, 0.1) is 13.2 Å². The Bertz CT molecular complexity index is 289. The van der Waals surface area contributed by atoms with Gasteiger partial charge in [-0.2, -0.15) is 0 Å². The number of hydrogen-bond acceptors (Lipinski definition) is 2. The van der Waals surface area contributed by atoms with E-state index in [4.69, 9.17) is 10.5 Å². The summed E-state index contributed by atoms with van der Waals surface area (Å²) >= 11 is 0. The standard InChI is InChI=1S/C12H19NO/c1-10-6-4-5-7-11(10)8-14-9-12(2,3)13/h4-7H,8-9,13H2,1-3H3. The smallest absolute Gasteiger partial charge is 0.0720 e. The van der Waals surface area contributed by atoms with Crippen LogP contribution in [0.5, 0.6) is 0 Å². The van der Waals surface area contributed by atoms with Crippen LogP contribution in [0.1, 0.15) is 25.0 Å². The van der Waals surface area contributed by atoms with E-state index in [1.165, 1.54) is 11.1 Å². The van der Waals surface area contributed by atoms with Crippen LogP contribution in [0.25, 0.3) is 0 Å². The molecule has 0 fully saturated rings. The lowest BCUT2D eigenvalue weighted by atomic mass is 10.1. The second-order valence-corrected chi connectivity index (χ2v) is 4.41. The van der Waals surface area contributed by atoms with Gasteiger partial charge in [0.2, 0.25) is 0 Å². The molecule has 0 saturated heterocycles. The van der Waals surface area contributed by atoms with Crippen LogP contribution in [-0.2, 0) is 11.3 Å². The van der Waals surface area contributed by atoms with Gasteiger partial charge in [-0.3, -0.25) is 0 Å². The zero-order valence-electron chi connectivity index (χ0n) is 9.21. The fraction of sp³-hybridized carbons (Fsp3) is 0.500. The quantitative estimate of drug-likeness (QED) is 0.796. The third-order valence-electron chi connectivity index (χ3n) is 1.99. The van der Waals surface area contributed by atoms with Gasteiger partial charge < -0.3 is 10.5 Å². The minimum Gasteiger partial charge on any atom is -0.375 e. The minimum absolute atomic E-state index is 0.247. The topological polar surface area (TPSA) is 35.2 Å². The van der Waals surface area contributed by atoms with Gasteiger partial charge in [0.15, 0.2) is 0 Å². The Labute approximate surface area is 86.1 Å². The highest BCUT2D eigenvalue weighted by molar-refractivity contribution is 5.24. The van der Waals surface area contributed by atoms with Crippen molar-refractivity contribution in [1.29, 1.82) is 0 Å². The van der Waals surface area contributed by atoms with E-state index in [1.807, 2.05) is 26.0 Å². The fourth-order valence-electron chi connectivity index (χ4n) is 1.20. The molecule has 78 valence electrons. The summed E-state index contributed by atoms with van der Waals surface area (Å²) in [6.45, 7) is 7.25. The van der Waals surface area contributed by atoms with E-state index >= 15 is 0 Å². The van der Waals surface area contributed by atoms with Crippen molar-refractivity contribution in [2.24, 2.45) is 5.73 Å². The molecule has 2 N–H and O–H groups in total. The Balaban J connectivity index is 2.43. The second-order valence-electron chi connectivity index (χ2n) is 4.41. The molecule has 14 heavy (non-hydrogen) atoms. The van der Waals surface area contributed by atoms with Crippen molar-refractivity contribution >= 4 is 0 Å². The van der Waals surface area contributed by atoms with E-state index in [-0.39, 0.29) is 5.54 Å². The van der Waals surface area contributed by atoms with Crippen LogP contribution in [0.3, 0.4) is 0 Å². The zero-order valence-corrected chi connectivity index (χ0v) is 9.21. The Morgan fingerprint density at radius 2 is 1.93 bits per heavy atom. The van der Waals surface area contributed by atoms with Crippen molar-refractivity contribution in [1.82, 2.24) is 0 Å². The van der Waals surface area contributed by atoms with E-state index in [0.29, 0.717) is 13.2 Å². The molecule has 0 bridgehead atoms. The van der Waals surface area contributed by atoms with Crippen molar-refractivity contribution in [3.05, 3.63) is 35.4 Å². The molecular formula is C12H19NO. The molecule has 0 radical (unpaired) electrons. The maximum absolute atomic E-state index is 5.81. The molecule has 0 aliphatic heterocycles. The molecule has 1 rings (SSSR count). The first-order valence-corrected chi connectivity index (χ1v) is 4.90. The first kappa shape index (κ1) is 11.2. The summed E-state index contributed by atoms with van der Waals surface area (Å²) in [7, 11) is 0. The SMILES string of the molecule is Cc1ccccc1COCC(C)(C)N. The molecule has 0 unspecified atom stereocenters. The molecule has 0 aliphatic carbocycles. The molecule has 0 spiro atoms. The Kier molecular flexibility index (Phi) is 3.67. The predicted molar refractivity (Wildman–Crippen MR) is 59.1 cm³/mol. The van der Waals surface area contributed by atoms with E-state index in [1.54, 1.807) is 0 Å². The first-order valence-electron chi connectivity index (χ1n) is 4.90. The highest BCUT2D eigenvalue weighted by Crippen LogP contribution is 2.09. The number of rotatable bonds is 4. The lowest BCUT2D eigenvalue weighted by Crippen LogP contribution is -2.37. The highest BCUT2D eigenvalue weighted by atomic mass is 16.5. The molecular weight excluding hydrogens is 174 g/mol. The number of aryl methyl sites for hydroxylation is 1.